The first-order valence-electron chi connectivity index (χ1n) is 4.16. The highest BCUT2D eigenvalue weighted by molar-refractivity contribution is 5.72. The summed E-state index contributed by atoms with van der Waals surface area (Å²) in [6.45, 7) is 3.06. The van der Waals surface area contributed by atoms with Gasteiger partial charge in [0.25, 0.3) is 0 Å². The number of rotatable bonds is 1. The Morgan fingerprint density at radius 2 is 1.64 bits per heavy atom. The molecule has 0 saturated heterocycles. The Balaban J connectivity index is 0.000000218. The van der Waals surface area contributed by atoms with Gasteiger partial charge in [0.2, 0.25) is 0 Å². The molecule has 0 aliphatic heterocycles. The standard InChI is InChI=1S/C6H12O.C3H6O/c1-7-6-4-2-3-5-6;1-3(2)4/h6H,2-5H2,1H3;1-2H3. The van der Waals surface area contributed by atoms with Crippen molar-refractivity contribution in [2.75, 3.05) is 7.11 Å². The summed E-state index contributed by atoms with van der Waals surface area (Å²) in [5, 5.41) is 0. The lowest BCUT2D eigenvalue weighted by Crippen LogP contribution is -2.01. The minimum absolute atomic E-state index is 0.167. The Hall–Kier alpha value is -0.370. The van der Waals surface area contributed by atoms with Crippen LogP contribution < -0.4 is 0 Å². The Morgan fingerprint density at radius 3 is 1.82 bits per heavy atom. The Labute approximate surface area is 68.9 Å². The maximum absolute atomic E-state index is 9.44. The van der Waals surface area contributed by atoms with Gasteiger partial charge in [0.15, 0.2) is 0 Å². The SMILES string of the molecule is CC(C)=O.COC1CCCC1. The Morgan fingerprint density at radius 1 is 1.27 bits per heavy atom. The lowest BCUT2D eigenvalue weighted by atomic mass is 10.3. The largest absolute Gasteiger partial charge is 0.381 e. The van der Waals surface area contributed by atoms with Crippen LogP contribution in [0.25, 0.3) is 0 Å². The van der Waals surface area contributed by atoms with Crippen LogP contribution in [-0.2, 0) is 9.53 Å². The minimum Gasteiger partial charge on any atom is -0.381 e. The molecule has 0 bridgehead atoms. The normalized spacial score (nSPS) is 17.4. The van der Waals surface area contributed by atoms with Gasteiger partial charge in [-0.15, -0.1) is 0 Å². The van der Waals surface area contributed by atoms with E-state index in [2.05, 4.69) is 0 Å². The zero-order chi connectivity index (χ0) is 8.69. The molecule has 2 nitrogen and oxygen atoms in total. The summed E-state index contributed by atoms with van der Waals surface area (Å²) in [6, 6.07) is 0. The molecule has 1 fully saturated rings. The van der Waals surface area contributed by atoms with Crippen LogP contribution in [0.3, 0.4) is 0 Å². The fourth-order valence-corrected chi connectivity index (χ4v) is 1.12. The van der Waals surface area contributed by atoms with Crippen LogP contribution in [0.5, 0.6) is 0 Å². The smallest absolute Gasteiger partial charge is 0.126 e. The molecule has 1 aliphatic carbocycles. The van der Waals surface area contributed by atoms with Crippen molar-refractivity contribution in [3.05, 3.63) is 0 Å². The molecule has 0 aromatic heterocycles. The zero-order valence-corrected chi connectivity index (χ0v) is 7.72. The van der Waals surface area contributed by atoms with Gasteiger partial charge in [0, 0.05) is 7.11 Å². The van der Waals surface area contributed by atoms with Crippen molar-refractivity contribution in [2.45, 2.75) is 45.6 Å². The van der Waals surface area contributed by atoms with Crippen molar-refractivity contribution in [3.8, 4) is 0 Å². The highest BCUT2D eigenvalue weighted by atomic mass is 16.5. The van der Waals surface area contributed by atoms with Crippen molar-refractivity contribution < 1.29 is 9.53 Å². The van der Waals surface area contributed by atoms with Crippen LogP contribution in [0.15, 0.2) is 0 Å². The lowest BCUT2D eigenvalue weighted by Gasteiger charge is -2.02. The van der Waals surface area contributed by atoms with E-state index < -0.39 is 0 Å². The third kappa shape index (κ3) is 7.53. The first-order valence-corrected chi connectivity index (χ1v) is 4.16. The highest BCUT2D eigenvalue weighted by Crippen LogP contribution is 2.19. The molecule has 66 valence electrons. The van der Waals surface area contributed by atoms with Crippen molar-refractivity contribution in [1.29, 1.82) is 0 Å². The summed E-state index contributed by atoms with van der Waals surface area (Å²) < 4.78 is 5.11. The highest BCUT2D eigenvalue weighted by Gasteiger charge is 2.12. The van der Waals surface area contributed by atoms with Gasteiger partial charge in [0.1, 0.15) is 5.78 Å². The molecule has 1 rings (SSSR count). The molecule has 0 radical (unpaired) electrons. The fourth-order valence-electron chi connectivity index (χ4n) is 1.12. The molecular formula is C9H18O2. The number of hydrogen-bond acceptors (Lipinski definition) is 2. The van der Waals surface area contributed by atoms with E-state index >= 15 is 0 Å². The number of ether oxygens (including phenoxy) is 1. The number of carbonyl (C=O) groups is 1. The second kappa shape index (κ2) is 6.35. The molecule has 11 heavy (non-hydrogen) atoms. The zero-order valence-electron chi connectivity index (χ0n) is 7.72. The van der Waals surface area contributed by atoms with Gasteiger partial charge in [-0.3, -0.25) is 0 Å². The van der Waals surface area contributed by atoms with Crippen molar-refractivity contribution in [3.63, 3.8) is 0 Å². The molecule has 0 atom stereocenters. The third-order valence-electron chi connectivity index (χ3n) is 1.64. The number of hydrogen-bond donors (Lipinski definition) is 0. The first kappa shape index (κ1) is 10.6. The van der Waals surface area contributed by atoms with E-state index in [0.29, 0.717) is 6.10 Å². The van der Waals surface area contributed by atoms with Gasteiger partial charge in [-0.05, 0) is 26.7 Å². The van der Waals surface area contributed by atoms with Crippen LogP contribution in [0.4, 0.5) is 0 Å². The third-order valence-corrected chi connectivity index (χ3v) is 1.64. The average molecular weight is 158 g/mol. The molecular weight excluding hydrogens is 140 g/mol. The molecule has 0 heterocycles. The van der Waals surface area contributed by atoms with E-state index in [1.165, 1.54) is 39.5 Å². The van der Waals surface area contributed by atoms with Gasteiger partial charge in [-0.1, -0.05) is 12.8 Å². The van der Waals surface area contributed by atoms with Crippen molar-refractivity contribution >= 4 is 5.78 Å². The molecule has 0 N–H and O–H groups in total. The number of Topliss-reactive ketones (excluding diaryl/α,β-unsaturated/α-hetero) is 1. The molecule has 2 heteroatoms. The van der Waals surface area contributed by atoms with Gasteiger partial charge >= 0.3 is 0 Å². The number of methoxy groups -OCH3 is 1. The summed E-state index contributed by atoms with van der Waals surface area (Å²) in [5.41, 5.74) is 0. The second-order valence-electron chi connectivity index (χ2n) is 3.05. The van der Waals surface area contributed by atoms with E-state index in [1.54, 1.807) is 7.11 Å². The number of ketones is 1. The van der Waals surface area contributed by atoms with E-state index in [9.17, 15) is 4.79 Å². The predicted octanol–water partition coefficient (Wildman–Crippen LogP) is 2.17. The van der Waals surface area contributed by atoms with Gasteiger partial charge in [0.05, 0.1) is 6.10 Å². The Bertz CT molecular complexity index is 100. The molecule has 0 unspecified atom stereocenters. The van der Waals surface area contributed by atoms with Crippen molar-refractivity contribution in [1.82, 2.24) is 0 Å². The Kier molecular flexibility index (Phi) is 6.13. The molecule has 0 aromatic rings. The average Bonchev–Trinajstić information content (AvgIpc) is 2.36. The van der Waals surface area contributed by atoms with Crippen LogP contribution in [0.2, 0.25) is 0 Å². The summed E-state index contributed by atoms with van der Waals surface area (Å²) >= 11 is 0. The second-order valence-corrected chi connectivity index (χ2v) is 3.05. The van der Waals surface area contributed by atoms with Crippen LogP contribution in [0.1, 0.15) is 39.5 Å². The van der Waals surface area contributed by atoms with Gasteiger partial charge < -0.3 is 9.53 Å². The topological polar surface area (TPSA) is 26.3 Å². The monoisotopic (exact) mass is 158 g/mol. The minimum atomic E-state index is 0.167. The van der Waals surface area contributed by atoms with Crippen LogP contribution in [-0.4, -0.2) is 19.0 Å². The van der Waals surface area contributed by atoms with Crippen LogP contribution >= 0.6 is 0 Å². The summed E-state index contributed by atoms with van der Waals surface area (Å²) in [7, 11) is 1.80. The van der Waals surface area contributed by atoms with E-state index in [4.69, 9.17) is 4.74 Å². The summed E-state index contributed by atoms with van der Waals surface area (Å²) in [6.07, 6.45) is 5.92. The molecule has 1 aliphatic rings. The number of carbonyl (C=O) groups excluding carboxylic acids is 1. The van der Waals surface area contributed by atoms with Crippen molar-refractivity contribution in [2.24, 2.45) is 0 Å². The van der Waals surface area contributed by atoms with Crippen LogP contribution in [0, 0.1) is 0 Å². The molecule has 0 amide bonds. The fraction of sp³-hybridized carbons (Fsp3) is 0.889. The molecule has 1 saturated carbocycles. The lowest BCUT2D eigenvalue weighted by molar-refractivity contribution is -0.114. The predicted molar refractivity (Wildman–Crippen MR) is 45.6 cm³/mol. The van der Waals surface area contributed by atoms with E-state index in [0.717, 1.165) is 0 Å². The maximum Gasteiger partial charge on any atom is 0.126 e. The quantitative estimate of drug-likeness (QED) is 0.584. The van der Waals surface area contributed by atoms with E-state index in [-0.39, 0.29) is 5.78 Å². The molecule has 0 spiro atoms. The summed E-state index contributed by atoms with van der Waals surface area (Å²) in [5.74, 6) is 0.167. The first-order chi connectivity index (χ1) is 5.16. The van der Waals surface area contributed by atoms with E-state index in [1.807, 2.05) is 0 Å². The van der Waals surface area contributed by atoms with Gasteiger partial charge in [-0.2, -0.15) is 0 Å². The molecule has 0 aromatic carbocycles. The van der Waals surface area contributed by atoms with Gasteiger partial charge in [-0.25, -0.2) is 0 Å². The summed E-state index contributed by atoms with van der Waals surface area (Å²) in [4.78, 5) is 9.44. The maximum atomic E-state index is 9.44.